The van der Waals surface area contributed by atoms with Crippen molar-refractivity contribution in [3.05, 3.63) is 94.2 Å². The van der Waals surface area contributed by atoms with E-state index in [-0.39, 0.29) is 5.91 Å². The van der Waals surface area contributed by atoms with Gasteiger partial charge in [0, 0.05) is 31.2 Å². The van der Waals surface area contributed by atoms with Crippen molar-refractivity contribution in [3.63, 3.8) is 0 Å². The number of thiophene rings is 1. The van der Waals surface area contributed by atoms with Gasteiger partial charge in [-0.1, -0.05) is 59.8 Å². The van der Waals surface area contributed by atoms with Crippen molar-refractivity contribution in [2.75, 3.05) is 6.54 Å². The summed E-state index contributed by atoms with van der Waals surface area (Å²) in [5.74, 6) is 2.29. The van der Waals surface area contributed by atoms with Gasteiger partial charge >= 0.3 is 0 Å². The molecular formula is C26H23N3O2S. The van der Waals surface area contributed by atoms with Crippen molar-refractivity contribution in [2.24, 2.45) is 5.92 Å². The number of amides is 1. The Morgan fingerprint density at radius 1 is 1.00 bits per heavy atom. The zero-order valence-corrected chi connectivity index (χ0v) is 18.3. The van der Waals surface area contributed by atoms with E-state index in [4.69, 9.17) is 4.52 Å². The summed E-state index contributed by atoms with van der Waals surface area (Å²) in [6.45, 7) is 0.687. The average Bonchev–Trinajstić information content (AvgIpc) is 3.54. The Labute approximate surface area is 190 Å². The summed E-state index contributed by atoms with van der Waals surface area (Å²) in [6.07, 6.45) is 1.87. The number of hydrogen-bond donors (Lipinski definition) is 1. The molecule has 3 aliphatic carbocycles. The van der Waals surface area contributed by atoms with Crippen LogP contribution in [0.4, 0.5) is 0 Å². The van der Waals surface area contributed by atoms with Crippen LogP contribution in [0.2, 0.25) is 0 Å². The van der Waals surface area contributed by atoms with Crippen LogP contribution < -0.4 is 5.32 Å². The van der Waals surface area contributed by atoms with Gasteiger partial charge in [0.05, 0.1) is 4.88 Å². The molecule has 1 atom stereocenters. The van der Waals surface area contributed by atoms with Crippen molar-refractivity contribution < 1.29 is 9.32 Å². The van der Waals surface area contributed by atoms with E-state index in [0.29, 0.717) is 48.9 Å². The van der Waals surface area contributed by atoms with E-state index in [1.165, 1.54) is 22.3 Å². The lowest BCUT2D eigenvalue weighted by atomic mass is 9.59. The van der Waals surface area contributed by atoms with E-state index >= 15 is 0 Å². The van der Waals surface area contributed by atoms with Crippen LogP contribution in [-0.2, 0) is 11.2 Å². The second-order valence-electron chi connectivity index (χ2n) is 8.58. The number of nitrogens with one attached hydrogen (secondary N) is 1. The van der Waals surface area contributed by atoms with E-state index in [0.717, 1.165) is 11.3 Å². The van der Waals surface area contributed by atoms with Gasteiger partial charge in [-0.3, -0.25) is 4.79 Å². The van der Waals surface area contributed by atoms with Crippen LogP contribution in [-0.4, -0.2) is 22.6 Å². The normalized spacial score (nSPS) is 20.6. The van der Waals surface area contributed by atoms with Gasteiger partial charge in [0.1, 0.15) is 0 Å². The molecule has 2 bridgehead atoms. The number of aromatic nitrogens is 2. The second kappa shape index (κ2) is 8.02. The molecule has 0 aliphatic heterocycles. The third kappa shape index (κ3) is 3.35. The maximum atomic E-state index is 12.6. The zero-order chi connectivity index (χ0) is 21.5. The van der Waals surface area contributed by atoms with Gasteiger partial charge in [-0.05, 0) is 46.0 Å². The minimum atomic E-state index is 0.0314. The summed E-state index contributed by atoms with van der Waals surface area (Å²) >= 11 is 1.57. The average molecular weight is 442 g/mol. The first-order valence-corrected chi connectivity index (χ1v) is 12.0. The molecule has 2 heterocycles. The number of aryl methyl sites for hydroxylation is 1. The summed E-state index contributed by atoms with van der Waals surface area (Å²) in [6, 6.07) is 21.5. The van der Waals surface area contributed by atoms with Crippen LogP contribution in [0.1, 0.15) is 52.8 Å². The van der Waals surface area contributed by atoms with Gasteiger partial charge < -0.3 is 9.84 Å². The molecular weight excluding hydrogens is 418 g/mol. The van der Waals surface area contributed by atoms with Crippen LogP contribution in [0.15, 0.2) is 70.6 Å². The fourth-order valence-electron chi connectivity index (χ4n) is 5.38. The lowest BCUT2D eigenvalue weighted by Gasteiger charge is -2.45. The van der Waals surface area contributed by atoms with Crippen molar-refractivity contribution in [3.8, 4) is 10.7 Å². The topological polar surface area (TPSA) is 68.0 Å². The Bertz CT molecular complexity index is 1220. The maximum Gasteiger partial charge on any atom is 0.227 e. The highest BCUT2D eigenvalue weighted by Crippen LogP contribution is 2.55. The Kier molecular flexibility index (Phi) is 4.87. The largest absolute Gasteiger partial charge is 0.356 e. The Morgan fingerprint density at radius 2 is 1.72 bits per heavy atom. The lowest BCUT2D eigenvalue weighted by Crippen LogP contribution is -2.39. The molecule has 6 heteroatoms. The highest BCUT2D eigenvalue weighted by molar-refractivity contribution is 7.13. The smallest absolute Gasteiger partial charge is 0.227 e. The molecule has 2 aromatic heterocycles. The Morgan fingerprint density at radius 3 is 2.41 bits per heavy atom. The zero-order valence-electron chi connectivity index (χ0n) is 17.5. The molecule has 0 spiro atoms. The lowest BCUT2D eigenvalue weighted by molar-refractivity contribution is -0.121. The first-order chi connectivity index (χ1) is 15.8. The number of nitrogens with zero attached hydrogens (tertiary/aromatic N) is 2. The van der Waals surface area contributed by atoms with E-state index in [9.17, 15) is 4.79 Å². The predicted octanol–water partition coefficient (Wildman–Crippen LogP) is 5.14. The van der Waals surface area contributed by atoms with Gasteiger partial charge in [0.15, 0.2) is 0 Å². The summed E-state index contributed by atoms with van der Waals surface area (Å²) < 4.78 is 5.32. The molecule has 160 valence electrons. The molecule has 3 aliphatic rings. The third-order valence-electron chi connectivity index (χ3n) is 6.76. The molecule has 0 radical (unpaired) electrons. The molecule has 7 rings (SSSR count). The molecule has 0 fully saturated rings. The number of rotatable bonds is 6. The number of carbonyl (C=O) groups excluding carboxylic acids is 1. The van der Waals surface area contributed by atoms with Crippen molar-refractivity contribution >= 4 is 17.2 Å². The standard InChI is InChI=1S/C26H23N3O2S/c30-23(11-12-24-28-26(29-31-24)22-10-5-13-32-22)27-15-16-14-21-17-6-1-3-8-19(17)25(16)20-9-4-2-7-18(20)21/h1-10,13,16,21,25H,11-12,14-15H2,(H,27,30). The highest BCUT2D eigenvalue weighted by Gasteiger charge is 2.42. The minimum absolute atomic E-state index is 0.0314. The molecule has 1 N–H and O–H groups in total. The van der Waals surface area contributed by atoms with Gasteiger partial charge in [0.25, 0.3) is 0 Å². The van der Waals surface area contributed by atoms with Crippen molar-refractivity contribution in [2.45, 2.75) is 31.1 Å². The SMILES string of the molecule is O=C(CCc1nc(-c2cccs2)no1)NCC1CC2c3ccccc3C1c1ccccc12. The van der Waals surface area contributed by atoms with Crippen LogP contribution in [0.5, 0.6) is 0 Å². The Balaban J connectivity index is 1.11. The monoisotopic (exact) mass is 441 g/mol. The molecule has 0 saturated heterocycles. The molecule has 1 unspecified atom stereocenters. The third-order valence-corrected chi connectivity index (χ3v) is 7.63. The molecule has 4 aromatic rings. The highest BCUT2D eigenvalue weighted by atomic mass is 32.1. The fourth-order valence-corrected chi connectivity index (χ4v) is 6.03. The van der Waals surface area contributed by atoms with Gasteiger partial charge in [-0.2, -0.15) is 4.98 Å². The van der Waals surface area contributed by atoms with E-state index in [1.807, 2.05) is 17.5 Å². The summed E-state index contributed by atoms with van der Waals surface area (Å²) in [7, 11) is 0. The van der Waals surface area contributed by atoms with Gasteiger partial charge in [0.2, 0.25) is 17.6 Å². The van der Waals surface area contributed by atoms with Crippen LogP contribution >= 0.6 is 11.3 Å². The van der Waals surface area contributed by atoms with Crippen LogP contribution in [0.3, 0.4) is 0 Å². The van der Waals surface area contributed by atoms with Crippen LogP contribution in [0, 0.1) is 5.92 Å². The van der Waals surface area contributed by atoms with E-state index < -0.39 is 0 Å². The molecule has 0 saturated carbocycles. The number of carbonyl (C=O) groups is 1. The van der Waals surface area contributed by atoms with Crippen molar-refractivity contribution in [1.29, 1.82) is 0 Å². The van der Waals surface area contributed by atoms with Gasteiger partial charge in [-0.25, -0.2) is 0 Å². The van der Waals surface area contributed by atoms with Crippen molar-refractivity contribution in [1.82, 2.24) is 15.5 Å². The fraction of sp³-hybridized carbons (Fsp3) is 0.269. The molecule has 2 aromatic carbocycles. The minimum Gasteiger partial charge on any atom is -0.356 e. The molecule has 1 amide bonds. The first-order valence-electron chi connectivity index (χ1n) is 11.1. The van der Waals surface area contributed by atoms with E-state index in [1.54, 1.807) is 11.3 Å². The summed E-state index contributed by atoms with van der Waals surface area (Å²) in [4.78, 5) is 18.0. The Hall–Kier alpha value is -3.25. The van der Waals surface area contributed by atoms with E-state index in [2.05, 4.69) is 64.0 Å². The number of fused-ring (bicyclic) bond motifs is 1. The maximum absolute atomic E-state index is 12.6. The quantitative estimate of drug-likeness (QED) is 0.450. The number of benzene rings is 2. The second-order valence-corrected chi connectivity index (χ2v) is 9.52. The summed E-state index contributed by atoms with van der Waals surface area (Å²) in [5, 5.41) is 9.17. The first kappa shape index (κ1) is 19.4. The molecule has 32 heavy (non-hydrogen) atoms. The predicted molar refractivity (Wildman–Crippen MR) is 124 cm³/mol. The van der Waals surface area contributed by atoms with Crippen LogP contribution in [0.25, 0.3) is 10.7 Å². The van der Waals surface area contributed by atoms with Gasteiger partial charge in [-0.15, -0.1) is 11.3 Å². The molecule has 5 nitrogen and oxygen atoms in total. The number of hydrogen-bond acceptors (Lipinski definition) is 5. The summed E-state index contributed by atoms with van der Waals surface area (Å²) in [5.41, 5.74) is 5.76.